The molecular formula is C16H25ClN4O. The number of nitrogens with one attached hydrogen (secondary N) is 4. The normalized spacial score (nSPS) is 27.4. The molecule has 1 aromatic carbocycles. The Kier molecular flexibility index (Phi) is 6.64. The van der Waals surface area contributed by atoms with Crippen molar-refractivity contribution in [3.05, 3.63) is 35.9 Å². The van der Waals surface area contributed by atoms with Crippen molar-refractivity contribution in [2.45, 2.75) is 18.9 Å². The van der Waals surface area contributed by atoms with Gasteiger partial charge < -0.3 is 10.6 Å². The second-order valence-corrected chi connectivity index (χ2v) is 5.96. The summed E-state index contributed by atoms with van der Waals surface area (Å²) in [4.78, 5) is 12.4. The topological polar surface area (TPSA) is 65.2 Å². The van der Waals surface area contributed by atoms with Gasteiger partial charge in [-0.05, 0) is 37.4 Å². The van der Waals surface area contributed by atoms with Crippen molar-refractivity contribution in [1.82, 2.24) is 21.5 Å². The van der Waals surface area contributed by atoms with Gasteiger partial charge in [0.2, 0.25) is 5.91 Å². The van der Waals surface area contributed by atoms with Gasteiger partial charge in [-0.2, -0.15) is 0 Å². The first kappa shape index (κ1) is 17.2. The van der Waals surface area contributed by atoms with Gasteiger partial charge in [0, 0.05) is 13.1 Å². The monoisotopic (exact) mass is 324 g/mol. The summed E-state index contributed by atoms with van der Waals surface area (Å²) in [6.07, 6.45) is 2.30. The molecule has 3 unspecified atom stereocenters. The Bertz CT molecular complexity index is 464. The first-order valence-corrected chi connectivity index (χ1v) is 7.86. The standard InChI is InChI=1S/C16H24N4O.ClH/c21-16(18-9-7-12-6-8-17-10-12)14-11-19-20-15(14)13-4-2-1-3-5-13;/h1-5,12,14-15,17,19-20H,6-11H2,(H,18,21);1H. The molecule has 0 bridgehead atoms. The van der Waals surface area contributed by atoms with E-state index >= 15 is 0 Å². The number of rotatable bonds is 5. The number of amides is 1. The second-order valence-electron chi connectivity index (χ2n) is 5.96. The van der Waals surface area contributed by atoms with Crippen LogP contribution in [0.1, 0.15) is 24.4 Å². The first-order valence-electron chi connectivity index (χ1n) is 7.86. The molecule has 22 heavy (non-hydrogen) atoms. The molecule has 122 valence electrons. The van der Waals surface area contributed by atoms with E-state index in [4.69, 9.17) is 0 Å². The molecule has 4 N–H and O–H groups in total. The fraction of sp³-hybridized carbons (Fsp3) is 0.562. The molecule has 0 spiro atoms. The minimum atomic E-state index is -0.0471. The Morgan fingerprint density at radius 2 is 2.05 bits per heavy atom. The predicted octanol–water partition coefficient (Wildman–Crippen LogP) is 0.989. The van der Waals surface area contributed by atoms with E-state index < -0.39 is 0 Å². The van der Waals surface area contributed by atoms with Crippen LogP contribution in [0.15, 0.2) is 30.3 Å². The van der Waals surface area contributed by atoms with Crippen molar-refractivity contribution in [2.75, 3.05) is 26.2 Å². The van der Waals surface area contributed by atoms with Crippen molar-refractivity contribution in [3.8, 4) is 0 Å². The van der Waals surface area contributed by atoms with Crippen LogP contribution in [0.5, 0.6) is 0 Å². The maximum Gasteiger partial charge on any atom is 0.226 e. The van der Waals surface area contributed by atoms with E-state index in [0.717, 1.165) is 37.5 Å². The van der Waals surface area contributed by atoms with Gasteiger partial charge in [0.05, 0.1) is 12.0 Å². The zero-order valence-electron chi connectivity index (χ0n) is 12.7. The first-order chi connectivity index (χ1) is 10.3. The van der Waals surface area contributed by atoms with E-state index in [-0.39, 0.29) is 30.3 Å². The van der Waals surface area contributed by atoms with Crippen molar-refractivity contribution in [3.63, 3.8) is 0 Å². The van der Waals surface area contributed by atoms with Crippen LogP contribution in [0.25, 0.3) is 0 Å². The van der Waals surface area contributed by atoms with Crippen LogP contribution in [0.2, 0.25) is 0 Å². The average molecular weight is 325 g/mol. The minimum Gasteiger partial charge on any atom is -0.356 e. The molecule has 2 saturated heterocycles. The zero-order chi connectivity index (χ0) is 14.5. The van der Waals surface area contributed by atoms with E-state index in [9.17, 15) is 4.79 Å². The summed E-state index contributed by atoms with van der Waals surface area (Å²) in [6.45, 7) is 3.67. The molecule has 0 aliphatic carbocycles. The molecule has 6 heteroatoms. The molecule has 2 fully saturated rings. The maximum atomic E-state index is 12.4. The molecule has 1 aromatic rings. The van der Waals surface area contributed by atoms with Gasteiger partial charge >= 0.3 is 0 Å². The molecule has 2 aliphatic rings. The van der Waals surface area contributed by atoms with Crippen LogP contribution in [0.3, 0.4) is 0 Å². The Labute approximate surface area is 138 Å². The number of hydrazine groups is 1. The molecule has 0 saturated carbocycles. The zero-order valence-corrected chi connectivity index (χ0v) is 13.5. The molecule has 5 nitrogen and oxygen atoms in total. The lowest BCUT2D eigenvalue weighted by Gasteiger charge is -2.19. The summed E-state index contributed by atoms with van der Waals surface area (Å²) in [5.74, 6) is 0.816. The summed E-state index contributed by atoms with van der Waals surface area (Å²) in [5.41, 5.74) is 7.48. The van der Waals surface area contributed by atoms with Crippen molar-refractivity contribution in [2.24, 2.45) is 11.8 Å². The van der Waals surface area contributed by atoms with Gasteiger partial charge in [0.15, 0.2) is 0 Å². The van der Waals surface area contributed by atoms with Crippen LogP contribution >= 0.6 is 12.4 Å². The molecular weight excluding hydrogens is 300 g/mol. The Morgan fingerprint density at radius 1 is 1.23 bits per heavy atom. The molecule has 2 aliphatic heterocycles. The van der Waals surface area contributed by atoms with Crippen LogP contribution in [-0.4, -0.2) is 32.1 Å². The Hall–Kier alpha value is -1.14. The van der Waals surface area contributed by atoms with E-state index in [0.29, 0.717) is 6.54 Å². The fourth-order valence-electron chi connectivity index (χ4n) is 3.21. The number of hydrogen-bond donors (Lipinski definition) is 4. The Morgan fingerprint density at radius 3 is 2.77 bits per heavy atom. The highest BCUT2D eigenvalue weighted by atomic mass is 35.5. The third-order valence-electron chi connectivity index (χ3n) is 4.49. The second kappa shape index (κ2) is 8.48. The van der Waals surface area contributed by atoms with Crippen molar-refractivity contribution in [1.29, 1.82) is 0 Å². The lowest BCUT2D eigenvalue weighted by molar-refractivity contribution is -0.124. The van der Waals surface area contributed by atoms with Gasteiger partial charge in [0.1, 0.15) is 0 Å². The van der Waals surface area contributed by atoms with Crippen molar-refractivity contribution < 1.29 is 4.79 Å². The summed E-state index contributed by atoms with van der Waals surface area (Å²) in [7, 11) is 0. The largest absolute Gasteiger partial charge is 0.356 e. The molecule has 1 amide bonds. The highest BCUT2D eigenvalue weighted by Crippen LogP contribution is 2.24. The van der Waals surface area contributed by atoms with E-state index in [1.165, 1.54) is 6.42 Å². The van der Waals surface area contributed by atoms with Gasteiger partial charge in [-0.1, -0.05) is 30.3 Å². The predicted molar refractivity (Wildman–Crippen MR) is 89.7 cm³/mol. The van der Waals surface area contributed by atoms with Gasteiger partial charge in [-0.25, -0.2) is 5.43 Å². The van der Waals surface area contributed by atoms with Crippen LogP contribution in [0.4, 0.5) is 0 Å². The molecule has 3 rings (SSSR count). The minimum absolute atomic E-state index is 0. The highest BCUT2D eigenvalue weighted by molar-refractivity contribution is 5.85. The summed E-state index contributed by atoms with van der Waals surface area (Å²) in [5, 5.41) is 6.47. The van der Waals surface area contributed by atoms with Crippen LogP contribution < -0.4 is 21.5 Å². The lowest BCUT2D eigenvalue weighted by atomic mass is 9.94. The lowest BCUT2D eigenvalue weighted by Crippen LogP contribution is -2.36. The number of carbonyl (C=O) groups is 1. The Balaban J connectivity index is 0.00000176. The number of carbonyl (C=O) groups excluding carboxylic acids is 1. The number of hydrogen-bond acceptors (Lipinski definition) is 4. The third-order valence-corrected chi connectivity index (χ3v) is 4.49. The van der Waals surface area contributed by atoms with E-state index in [2.05, 4.69) is 33.6 Å². The van der Waals surface area contributed by atoms with Gasteiger partial charge in [0.25, 0.3) is 0 Å². The molecule has 2 heterocycles. The quantitative estimate of drug-likeness (QED) is 0.652. The van der Waals surface area contributed by atoms with E-state index in [1.54, 1.807) is 0 Å². The van der Waals surface area contributed by atoms with Gasteiger partial charge in [-0.3, -0.25) is 10.2 Å². The molecule has 3 atom stereocenters. The SMILES string of the molecule is Cl.O=C(NCCC1CCNC1)C1CNNC1c1ccccc1. The van der Waals surface area contributed by atoms with E-state index in [1.807, 2.05) is 18.2 Å². The highest BCUT2D eigenvalue weighted by Gasteiger charge is 2.33. The number of halogens is 1. The molecule has 0 aromatic heterocycles. The average Bonchev–Trinajstić information content (AvgIpc) is 3.19. The van der Waals surface area contributed by atoms with Crippen molar-refractivity contribution >= 4 is 18.3 Å². The van der Waals surface area contributed by atoms with Gasteiger partial charge in [-0.15, -0.1) is 12.4 Å². The summed E-state index contributed by atoms with van der Waals surface area (Å²) >= 11 is 0. The fourth-order valence-corrected chi connectivity index (χ4v) is 3.21. The van der Waals surface area contributed by atoms with Crippen LogP contribution in [-0.2, 0) is 4.79 Å². The third kappa shape index (κ3) is 4.20. The molecule has 0 radical (unpaired) electrons. The maximum absolute atomic E-state index is 12.4. The number of benzene rings is 1. The summed E-state index contributed by atoms with van der Waals surface area (Å²) < 4.78 is 0. The smallest absolute Gasteiger partial charge is 0.226 e. The summed E-state index contributed by atoms with van der Waals surface area (Å²) in [6, 6.07) is 10.2. The van der Waals surface area contributed by atoms with Crippen LogP contribution in [0, 0.1) is 11.8 Å².